The Morgan fingerprint density at radius 3 is 2.43 bits per heavy atom. The summed E-state index contributed by atoms with van der Waals surface area (Å²) in [7, 11) is 1.64. The normalized spacial score (nSPS) is 15.7. The molecule has 0 aliphatic carbocycles. The van der Waals surface area contributed by atoms with E-state index in [2.05, 4.69) is 31.5 Å². The monoisotopic (exact) mass is 730 g/mol. The molecule has 13 heteroatoms. The maximum Gasteiger partial charge on any atom is 0.255 e. The number of carbonyl (C=O) groups excluding carboxylic acids is 1. The van der Waals surface area contributed by atoms with Crippen LogP contribution in [0.25, 0.3) is 28.3 Å². The minimum Gasteiger partial charge on any atom is -0.494 e. The van der Waals surface area contributed by atoms with E-state index >= 15 is 0 Å². The number of benzene rings is 3. The standard InChI is InChI=1S/C41H40F2N8O3/c1-54-35-25-29(50-20-14-28(15-21-50)49-22-16-30(52)17-23-49)11-12-33(35)45-41-44-18-13-34(46-41)39-37(47-36-10-2-3-19-51(36)39)26-6-4-7-27(24-26)40(53)48-38-31(42)8-5-9-32(38)43/h2-13,18-19,24-25,28,30,52H,14-17,20-23H2,1H3,(H,48,53)(H,44,45,46). The number of nitrogens with zero attached hydrogens (tertiary/aromatic N) is 6. The zero-order chi connectivity index (χ0) is 37.2. The van der Waals surface area contributed by atoms with E-state index in [0.29, 0.717) is 51.7 Å². The highest BCUT2D eigenvalue weighted by Crippen LogP contribution is 2.36. The predicted molar refractivity (Wildman–Crippen MR) is 204 cm³/mol. The van der Waals surface area contributed by atoms with Crippen molar-refractivity contribution >= 4 is 34.6 Å². The summed E-state index contributed by atoms with van der Waals surface area (Å²) in [6, 6.07) is 24.2. The first-order valence-electron chi connectivity index (χ1n) is 18.1. The van der Waals surface area contributed by atoms with Crippen LogP contribution in [0.1, 0.15) is 36.0 Å². The Morgan fingerprint density at radius 2 is 1.65 bits per heavy atom. The van der Waals surface area contributed by atoms with Gasteiger partial charge in [0.2, 0.25) is 5.95 Å². The quantitative estimate of drug-likeness (QED) is 0.142. The number of aliphatic hydroxyl groups is 1. The molecule has 3 aromatic carbocycles. The summed E-state index contributed by atoms with van der Waals surface area (Å²) in [6.45, 7) is 3.83. The molecule has 54 heavy (non-hydrogen) atoms. The van der Waals surface area contributed by atoms with Crippen molar-refractivity contribution in [1.82, 2.24) is 24.3 Å². The number of pyridine rings is 1. The van der Waals surface area contributed by atoms with E-state index in [9.17, 15) is 18.7 Å². The molecular formula is C41H40F2N8O3. The number of piperidine rings is 2. The number of amides is 1. The topological polar surface area (TPSA) is 120 Å². The number of anilines is 4. The first-order chi connectivity index (χ1) is 26.3. The zero-order valence-corrected chi connectivity index (χ0v) is 29.8. The molecule has 2 aliphatic heterocycles. The van der Waals surface area contributed by atoms with E-state index in [-0.39, 0.29) is 11.7 Å². The fraction of sp³-hybridized carbons (Fsp3) is 0.268. The highest BCUT2D eigenvalue weighted by atomic mass is 19.1. The molecule has 0 saturated carbocycles. The molecule has 8 rings (SSSR count). The molecule has 2 fully saturated rings. The molecule has 0 spiro atoms. The number of ether oxygens (including phenoxy) is 1. The molecule has 276 valence electrons. The summed E-state index contributed by atoms with van der Waals surface area (Å²) in [4.78, 5) is 32.4. The smallest absolute Gasteiger partial charge is 0.255 e. The van der Waals surface area contributed by atoms with Crippen LogP contribution < -0.4 is 20.3 Å². The van der Waals surface area contributed by atoms with Crippen LogP contribution in [0.4, 0.5) is 31.8 Å². The molecule has 3 aromatic heterocycles. The second-order valence-corrected chi connectivity index (χ2v) is 13.6. The van der Waals surface area contributed by atoms with Gasteiger partial charge in [-0.1, -0.05) is 24.3 Å². The van der Waals surface area contributed by atoms with Crippen LogP contribution in [0, 0.1) is 11.6 Å². The Labute approximate surface area is 311 Å². The molecule has 1 amide bonds. The van der Waals surface area contributed by atoms with E-state index in [1.54, 1.807) is 37.6 Å². The van der Waals surface area contributed by atoms with Crippen LogP contribution in [0.2, 0.25) is 0 Å². The van der Waals surface area contributed by atoms with Crippen molar-refractivity contribution in [2.24, 2.45) is 0 Å². The Hall–Kier alpha value is -5.92. The largest absolute Gasteiger partial charge is 0.494 e. The fourth-order valence-electron chi connectivity index (χ4n) is 7.44. The van der Waals surface area contributed by atoms with Gasteiger partial charge in [-0.2, -0.15) is 0 Å². The number of fused-ring (bicyclic) bond motifs is 1. The van der Waals surface area contributed by atoms with E-state index < -0.39 is 23.2 Å². The minimum atomic E-state index is -0.865. The number of aromatic nitrogens is 4. The van der Waals surface area contributed by atoms with Crippen LogP contribution >= 0.6 is 0 Å². The van der Waals surface area contributed by atoms with Gasteiger partial charge in [0.15, 0.2) is 0 Å². The number of aliphatic hydroxyl groups excluding tert-OH is 1. The molecule has 0 radical (unpaired) electrons. The Balaban J connectivity index is 1.04. The number of hydrogen-bond acceptors (Lipinski definition) is 9. The SMILES string of the molecule is COc1cc(N2CCC(N3CCC(O)CC3)CC2)ccc1Nc1nccc(-c2c(-c3cccc(C(=O)Nc4c(F)cccc4F)c3)nc3ccccn23)n1. The van der Waals surface area contributed by atoms with Crippen LogP contribution in [0.5, 0.6) is 5.75 Å². The Kier molecular flexibility index (Phi) is 9.89. The average Bonchev–Trinajstić information content (AvgIpc) is 3.60. The molecule has 0 atom stereocenters. The Bertz CT molecular complexity index is 2280. The van der Waals surface area contributed by atoms with Crippen molar-refractivity contribution in [3.8, 4) is 28.4 Å². The van der Waals surface area contributed by atoms with E-state index in [1.165, 1.54) is 6.07 Å². The van der Waals surface area contributed by atoms with Crippen molar-refractivity contribution in [3.63, 3.8) is 0 Å². The molecular weight excluding hydrogens is 690 g/mol. The summed E-state index contributed by atoms with van der Waals surface area (Å²) in [5, 5.41) is 15.6. The lowest BCUT2D eigenvalue weighted by atomic mass is 9.98. The van der Waals surface area contributed by atoms with Crippen LogP contribution in [-0.4, -0.2) is 80.7 Å². The van der Waals surface area contributed by atoms with Crippen LogP contribution in [0.3, 0.4) is 0 Å². The first-order valence-corrected chi connectivity index (χ1v) is 18.1. The fourth-order valence-corrected chi connectivity index (χ4v) is 7.44. The molecule has 11 nitrogen and oxygen atoms in total. The molecule has 5 heterocycles. The van der Waals surface area contributed by atoms with E-state index in [4.69, 9.17) is 14.7 Å². The third-order valence-electron chi connectivity index (χ3n) is 10.3. The van der Waals surface area contributed by atoms with Gasteiger partial charge in [0.1, 0.15) is 28.7 Å². The number of methoxy groups -OCH3 is 1. The number of halogens is 2. The third-order valence-corrected chi connectivity index (χ3v) is 10.3. The van der Waals surface area contributed by atoms with Gasteiger partial charge >= 0.3 is 0 Å². The number of imidazole rings is 1. The van der Waals surface area contributed by atoms with Crippen LogP contribution in [-0.2, 0) is 0 Å². The summed E-state index contributed by atoms with van der Waals surface area (Å²) in [6.07, 6.45) is 7.26. The summed E-state index contributed by atoms with van der Waals surface area (Å²) in [5.74, 6) is -1.38. The highest BCUT2D eigenvalue weighted by molar-refractivity contribution is 6.05. The zero-order valence-electron chi connectivity index (χ0n) is 29.8. The minimum absolute atomic E-state index is 0.161. The number of para-hydroxylation sites is 1. The van der Waals surface area contributed by atoms with Gasteiger partial charge in [-0.25, -0.2) is 23.7 Å². The van der Waals surface area contributed by atoms with Gasteiger partial charge in [-0.3, -0.25) is 9.20 Å². The van der Waals surface area contributed by atoms with Gasteiger partial charge in [-0.15, -0.1) is 0 Å². The first kappa shape index (κ1) is 35.1. The lowest BCUT2D eigenvalue weighted by Gasteiger charge is -2.41. The van der Waals surface area contributed by atoms with Crippen molar-refractivity contribution in [1.29, 1.82) is 0 Å². The lowest BCUT2D eigenvalue weighted by Crippen LogP contribution is -2.48. The van der Waals surface area contributed by atoms with Gasteiger partial charge in [-0.05, 0) is 80.3 Å². The number of likely N-dealkylation sites (tertiary alicyclic amines) is 1. The average molecular weight is 731 g/mol. The van der Waals surface area contributed by atoms with Crippen molar-refractivity contribution in [2.45, 2.75) is 37.8 Å². The van der Waals surface area contributed by atoms with E-state index in [0.717, 1.165) is 69.7 Å². The number of rotatable bonds is 9. The van der Waals surface area contributed by atoms with Crippen molar-refractivity contribution in [2.75, 3.05) is 48.8 Å². The summed E-state index contributed by atoms with van der Waals surface area (Å²) >= 11 is 0. The number of nitrogens with one attached hydrogen (secondary N) is 2. The Morgan fingerprint density at radius 1 is 0.870 bits per heavy atom. The maximum atomic E-state index is 14.3. The van der Waals surface area contributed by atoms with Crippen molar-refractivity contribution < 1.29 is 23.4 Å². The molecule has 0 bridgehead atoms. The molecule has 2 aliphatic rings. The summed E-state index contributed by atoms with van der Waals surface area (Å²) < 4.78 is 36.4. The molecule has 0 unspecified atom stereocenters. The third kappa shape index (κ3) is 7.20. The maximum absolute atomic E-state index is 14.3. The number of hydrogen-bond donors (Lipinski definition) is 3. The van der Waals surface area contributed by atoms with Gasteiger partial charge in [0.05, 0.1) is 36.0 Å². The summed E-state index contributed by atoms with van der Waals surface area (Å²) in [5.41, 5.74) is 4.56. The van der Waals surface area contributed by atoms with Gasteiger partial charge in [0, 0.05) is 67.5 Å². The van der Waals surface area contributed by atoms with Crippen LogP contribution in [0.15, 0.2) is 97.3 Å². The van der Waals surface area contributed by atoms with Gasteiger partial charge in [0.25, 0.3) is 5.91 Å². The molecule has 6 aromatic rings. The number of carbonyl (C=O) groups is 1. The second kappa shape index (κ2) is 15.2. The van der Waals surface area contributed by atoms with E-state index in [1.807, 2.05) is 47.0 Å². The molecule has 3 N–H and O–H groups in total. The van der Waals surface area contributed by atoms with Gasteiger partial charge < -0.3 is 30.3 Å². The highest BCUT2D eigenvalue weighted by Gasteiger charge is 2.28. The van der Waals surface area contributed by atoms with Crippen molar-refractivity contribution in [3.05, 3.63) is 115 Å². The predicted octanol–water partition coefficient (Wildman–Crippen LogP) is 7.17. The molecule has 2 saturated heterocycles. The second-order valence-electron chi connectivity index (χ2n) is 13.6. The lowest BCUT2D eigenvalue weighted by molar-refractivity contribution is 0.0542.